The van der Waals surface area contributed by atoms with Gasteiger partial charge in [0.15, 0.2) is 0 Å². The van der Waals surface area contributed by atoms with Gasteiger partial charge in [-0.3, -0.25) is 0 Å². The van der Waals surface area contributed by atoms with E-state index < -0.39 is 0 Å². The average Bonchev–Trinajstić information content (AvgIpc) is 2.12. The first kappa shape index (κ1) is 13.0. The highest BCUT2D eigenvalue weighted by atomic mass is 35.5. The largest absolute Gasteiger partial charge is 0.373 e. The second-order valence-corrected chi connectivity index (χ2v) is 2.99. The summed E-state index contributed by atoms with van der Waals surface area (Å²) in [6.07, 6.45) is 1.08. The monoisotopic (exact) mass is 234 g/mol. The van der Waals surface area contributed by atoms with Crippen LogP contribution in [0.3, 0.4) is 0 Å². The molecule has 0 aromatic carbocycles. The van der Waals surface area contributed by atoms with Crippen LogP contribution >= 0.6 is 23.2 Å². The third-order valence-electron chi connectivity index (χ3n) is 1.49. The summed E-state index contributed by atoms with van der Waals surface area (Å²) in [5, 5.41) is 0.666. The Bertz CT molecular complexity index is 349. The summed E-state index contributed by atoms with van der Waals surface area (Å²) < 4.78 is 0. The summed E-state index contributed by atoms with van der Waals surface area (Å²) in [4.78, 5) is 24.1. The van der Waals surface area contributed by atoms with Crippen LogP contribution in [-0.2, 0) is 16.0 Å². The van der Waals surface area contributed by atoms with Gasteiger partial charge in [-0.15, -0.1) is 0 Å². The van der Waals surface area contributed by atoms with Crippen LogP contribution in [0.25, 0.3) is 0 Å². The van der Waals surface area contributed by atoms with E-state index in [0.717, 1.165) is 17.7 Å². The summed E-state index contributed by atoms with van der Waals surface area (Å²) >= 11 is 11.4. The normalized spacial score (nSPS) is 8.57. The number of aryl methyl sites for hydroxylation is 1. The highest BCUT2D eigenvalue weighted by Gasteiger charge is 2.05. The molecule has 0 unspecified atom stereocenters. The predicted molar refractivity (Wildman–Crippen MR) is 51.2 cm³/mol. The number of aromatic nitrogens is 2. The van der Waals surface area contributed by atoms with Crippen molar-refractivity contribution in [3.8, 4) is 0 Å². The van der Waals surface area contributed by atoms with Crippen LogP contribution in [0.1, 0.15) is 18.2 Å². The minimum absolute atomic E-state index is 0.220. The fourth-order valence-corrected chi connectivity index (χ4v) is 1.27. The topological polar surface area (TPSA) is 59.9 Å². The molecule has 0 saturated carbocycles. The lowest BCUT2D eigenvalue weighted by Gasteiger charge is -2.02. The fourth-order valence-electron chi connectivity index (χ4n) is 0.848. The van der Waals surface area contributed by atoms with E-state index in [0.29, 0.717) is 5.15 Å². The second kappa shape index (κ2) is 6.49. The maximum absolute atomic E-state index is 8.12. The van der Waals surface area contributed by atoms with Crippen LogP contribution < -0.4 is 0 Å². The Hall–Kier alpha value is -0.960. The molecular weight excluding hydrogens is 227 g/mol. The van der Waals surface area contributed by atoms with Crippen molar-refractivity contribution in [2.45, 2.75) is 20.3 Å². The van der Waals surface area contributed by atoms with Gasteiger partial charge in [0.2, 0.25) is 5.28 Å². The molecule has 0 spiro atoms. The first-order valence-electron chi connectivity index (χ1n) is 3.74. The van der Waals surface area contributed by atoms with Gasteiger partial charge >= 0.3 is 6.15 Å². The number of carbonyl (C=O) groups excluding carboxylic acids is 2. The van der Waals surface area contributed by atoms with Crippen molar-refractivity contribution in [1.29, 1.82) is 0 Å². The molecule has 1 aromatic rings. The van der Waals surface area contributed by atoms with Crippen LogP contribution in [0.2, 0.25) is 10.4 Å². The molecule has 0 aliphatic carbocycles. The Balaban J connectivity index is 0.000000500. The summed E-state index contributed by atoms with van der Waals surface area (Å²) in [5.74, 6) is 0. The highest BCUT2D eigenvalue weighted by Crippen LogP contribution is 2.17. The van der Waals surface area contributed by atoms with Gasteiger partial charge in [0.05, 0.1) is 0 Å². The summed E-state index contributed by atoms with van der Waals surface area (Å²) in [5.41, 5.74) is 1.83. The molecule has 1 heterocycles. The van der Waals surface area contributed by atoms with E-state index in [1.54, 1.807) is 0 Å². The Morgan fingerprint density at radius 2 is 1.79 bits per heavy atom. The molecule has 0 saturated heterocycles. The van der Waals surface area contributed by atoms with Gasteiger partial charge < -0.3 is 0 Å². The molecule has 0 fully saturated rings. The number of halogens is 2. The summed E-state index contributed by atoms with van der Waals surface area (Å²) in [7, 11) is 0. The van der Waals surface area contributed by atoms with Crippen molar-refractivity contribution in [2.24, 2.45) is 0 Å². The van der Waals surface area contributed by atoms with Crippen molar-refractivity contribution in [2.75, 3.05) is 0 Å². The number of hydrogen-bond donors (Lipinski definition) is 0. The van der Waals surface area contributed by atoms with Crippen LogP contribution in [0.4, 0.5) is 0 Å². The SMILES string of the molecule is CCc1nc(Cl)nc(Cl)c1C.O=C=O. The molecule has 0 atom stereocenters. The lowest BCUT2D eigenvalue weighted by Crippen LogP contribution is -1.96. The summed E-state index contributed by atoms with van der Waals surface area (Å²) in [6, 6.07) is 0. The summed E-state index contributed by atoms with van der Waals surface area (Å²) in [6.45, 7) is 3.89. The average molecular weight is 235 g/mol. The first-order valence-corrected chi connectivity index (χ1v) is 4.50. The minimum Gasteiger partial charge on any atom is -0.223 e. The van der Waals surface area contributed by atoms with Crippen LogP contribution in [0, 0.1) is 6.92 Å². The van der Waals surface area contributed by atoms with E-state index in [4.69, 9.17) is 32.8 Å². The molecule has 0 amide bonds. The number of rotatable bonds is 1. The maximum Gasteiger partial charge on any atom is 0.373 e. The van der Waals surface area contributed by atoms with Gasteiger partial charge in [0, 0.05) is 11.3 Å². The molecule has 0 aliphatic rings. The molecule has 1 rings (SSSR count). The maximum atomic E-state index is 8.12. The van der Waals surface area contributed by atoms with Crippen LogP contribution in [0.5, 0.6) is 0 Å². The van der Waals surface area contributed by atoms with Crippen molar-refractivity contribution in [3.05, 3.63) is 21.7 Å². The van der Waals surface area contributed by atoms with Crippen LogP contribution in [-0.4, -0.2) is 16.1 Å². The first-order chi connectivity index (χ1) is 6.56. The standard InChI is InChI=1S/C7H8Cl2N2.CO2/c1-3-5-4(2)6(8)11-7(9)10-5;2-1-3/h3H2,1-2H3;. The molecular formula is C8H8Cl2N2O2. The zero-order valence-corrected chi connectivity index (χ0v) is 9.19. The van der Waals surface area contributed by atoms with E-state index in [9.17, 15) is 0 Å². The molecule has 14 heavy (non-hydrogen) atoms. The Kier molecular flexibility index (Phi) is 6.04. The van der Waals surface area contributed by atoms with Gasteiger partial charge in [-0.1, -0.05) is 18.5 Å². The lowest BCUT2D eigenvalue weighted by molar-refractivity contribution is -0.191. The van der Waals surface area contributed by atoms with E-state index in [-0.39, 0.29) is 11.4 Å². The minimum atomic E-state index is 0.220. The van der Waals surface area contributed by atoms with E-state index in [1.165, 1.54) is 0 Å². The third kappa shape index (κ3) is 3.83. The number of nitrogens with zero attached hydrogens (tertiary/aromatic N) is 2. The smallest absolute Gasteiger partial charge is 0.223 e. The van der Waals surface area contributed by atoms with E-state index >= 15 is 0 Å². The van der Waals surface area contributed by atoms with Crippen molar-refractivity contribution >= 4 is 29.4 Å². The quantitative estimate of drug-likeness (QED) is 0.552. The molecule has 0 aliphatic heterocycles. The Labute approximate surface area is 91.3 Å². The van der Waals surface area contributed by atoms with E-state index in [1.807, 2.05) is 13.8 Å². The predicted octanol–water partition coefficient (Wildman–Crippen LogP) is 2.07. The van der Waals surface area contributed by atoms with Gasteiger partial charge in [-0.25, -0.2) is 9.97 Å². The fraction of sp³-hybridized carbons (Fsp3) is 0.375. The Morgan fingerprint density at radius 3 is 2.21 bits per heavy atom. The van der Waals surface area contributed by atoms with Crippen LogP contribution in [0.15, 0.2) is 0 Å². The van der Waals surface area contributed by atoms with E-state index in [2.05, 4.69) is 9.97 Å². The van der Waals surface area contributed by atoms with Gasteiger partial charge in [-0.05, 0) is 24.9 Å². The van der Waals surface area contributed by atoms with Gasteiger partial charge in [0.25, 0.3) is 0 Å². The molecule has 6 heteroatoms. The second-order valence-electron chi connectivity index (χ2n) is 2.29. The highest BCUT2D eigenvalue weighted by molar-refractivity contribution is 6.32. The van der Waals surface area contributed by atoms with Gasteiger partial charge in [0.1, 0.15) is 5.15 Å². The number of hydrogen-bond acceptors (Lipinski definition) is 4. The molecule has 0 N–H and O–H groups in total. The third-order valence-corrected chi connectivity index (χ3v) is 2.03. The molecule has 0 bridgehead atoms. The molecule has 76 valence electrons. The molecule has 1 aromatic heterocycles. The zero-order chi connectivity index (χ0) is 11.1. The van der Waals surface area contributed by atoms with Crippen molar-refractivity contribution in [1.82, 2.24) is 9.97 Å². The lowest BCUT2D eigenvalue weighted by atomic mass is 10.2. The van der Waals surface area contributed by atoms with Crippen molar-refractivity contribution < 1.29 is 9.59 Å². The van der Waals surface area contributed by atoms with Gasteiger partial charge in [-0.2, -0.15) is 9.59 Å². The molecule has 0 radical (unpaired) electrons. The van der Waals surface area contributed by atoms with Crippen molar-refractivity contribution in [3.63, 3.8) is 0 Å². The molecule has 4 nitrogen and oxygen atoms in total. The Morgan fingerprint density at radius 1 is 1.29 bits per heavy atom. The zero-order valence-electron chi connectivity index (χ0n) is 7.67.